The maximum atomic E-state index is 11.4. The number of carbonyl (C=O) groups is 1. The highest BCUT2D eigenvalue weighted by Crippen LogP contribution is 2.17. The first-order chi connectivity index (χ1) is 6.46. The lowest BCUT2D eigenvalue weighted by Crippen LogP contribution is -2.35. The fourth-order valence-electron chi connectivity index (χ4n) is 1.26. The van der Waals surface area contributed by atoms with Crippen molar-refractivity contribution in [1.29, 1.82) is 0 Å². The van der Waals surface area contributed by atoms with Gasteiger partial charge in [-0.3, -0.25) is 4.79 Å². The normalized spacial score (nSPS) is 23.1. The third-order valence-corrected chi connectivity index (χ3v) is 4.36. The fourth-order valence-corrected chi connectivity index (χ4v) is 2.41. The van der Waals surface area contributed by atoms with Crippen LogP contribution < -0.4 is 4.72 Å². The summed E-state index contributed by atoms with van der Waals surface area (Å²) in [5.74, 6) is -0.0501. The van der Waals surface area contributed by atoms with Gasteiger partial charge in [-0.1, -0.05) is 15.9 Å². The minimum Gasteiger partial charge on any atom is -0.341 e. The molecule has 0 aromatic carbocycles. The number of amides is 1. The quantitative estimate of drug-likeness (QED) is 0.710. The summed E-state index contributed by atoms with van der Waals surface area (Å²) in [6, 6.07) is 0. The third-order valence-electron chi connectivity index (χ3n) is 2.17. The lowest BCUT2D eigenvalue weighted by atomic mass is 10.4. The van der Waals surface area contributed by atoms with Crippen LogP contribution in [0.3, 0.4) is 0 Å². The molecular weight excluding hydrogens is 272 g/mol. The summed E-state index contributed by atoms with van der Waals surface area (Å²) in [7, 11) is -1.84. The van der Waals surface area contributed by atoms with E-state index in [1.165, 1.54) is 7.05 Å². The molecule has 1 unspecified atom stereocenters. The molecule has 1 N–H and O–H groups in total. The van der Waals surface area contributed by atoms with Gasteiger partial charge in [0.25, 0.3) is 0 Å². The van der Waals surface area contributed by atoms with Gasteiger partial charge in [0.2, 0.25) is 15.9 Å². The molecule has 1 amide bonds. The second-order valence-electron chi connectivity index (χ2n) is 3.10. The van der Waals surface area contributed by atoms with E-state index >= 15 is 0 Å². The highest BCUT2D eigenvalue weighted by molar-refractivity contribution is 9.10. The summed E-state index contributed by atoms with van der Waals surface area (Å²) < 4.78 is 24.4. The summed E-state index contributed by atoms with van der Waals surface area (Å²) in [6.07, 6.45) is 0.748. The number of hydrogen-bond acceptors (Lipinski definition) is 3. The van der Waals surface area contributed by atoms with Gasteiger partial charge in [-0.05, 0) is 13.5 Å². The van der Waals surface area contributed by atoms with Crippen molar-refractivity contribution in [1.82, 2.24) is 9.62 Å². The molecule has 5 nitrogen and oxygen atoms in total. The molecule has 1 saturated heterocycles. The van der Waals surface area contributed by atoms with Gasteiger partial charge < -0.3 is 4.90 Å². The SMILES string of the molecule is CNS(=O)(=O)CCN1CCC(Br)C1=O. The Morgan fingerprint density at radius 2 is 2.29 bits per heavy atom. The Hall–Kier alpha value is -0.140. The van der Waals surface area contributed by atoms with Crippen molar-refractivity contribution in [2.45, 2.75) is 11.2 Å². The second-order valence-corrected chi connectivity index (χ2v) is 6.26. The largest absolute Gasteiger partial charge is 0.341 e. The van der Waals surface area contributed by atoms with E-state index in [-0.39, 0.29) is 23.0 Å². The van der Waals surface area contributed by atoms with Crippen molar-refractivity contribution in [2.75, 3.05) is 25.9 Å². The number of hydrogen-bond donors (Lipinski definition) is 1. The van der Waals surface area contributed by atoms with E-state index in [1.807, 2.05) is 0 Å². The van der Waals surface area contributed by atoms with Crippen LogP contribution >= 0.6 is 15.9 Å². The molecule has 0 aromatic heterocycles. The number of nitrogens with one attached hydrogen (secondary N) is 1. The van der Waals surface area contributed by atoms with Gasteiger partial charge in [-0.15, -0.1) is 0 Å². The number of carbonyl (C=O) groups excluding carboxylic acids is 1. The molecular formula is C7H13BrN2O3S. The Bertz CT molecular complexity index is 317. The predicted molar refractivity (Wildman–Crippen MR) is 56.8 cm³/mol. The first kappa shape index (κ1) is 11.9. The van der Waals surface area contributed by atoms with Crippen LogP contribution in [0.4, 0.5) is 0 Å². The first-order valence-electron chi connectivity index (χ1n) is 4.30. The van der Waals surface area contributed by atoms with Crippen LogP contribution in [0, 0.1) is 0 Å². The van der Waals surface area contributed by atoms with Crippen LogP contribution in [0.2, 0.25) is 0 Å². The Morgan fingerprint density at radius 1 is 1.64 bits per heavy atom. The molecule has 7 heteroatoms. The first-order valence-corrected chi connectivity index (χ1v) is 6.87. The third kappa shape index (κ3) is 2.93. The lowest BCUT2D eigenvalue weighted by molar-refractivity contribution is -0.126. The van der Waals surface area contributed by atoms with E-state index in [1.54, 1.807) is 4.90 Å². The minimum absolute atomic E-state index is 0.0173. The Kier molecular flexibility index (Phi) is 3.91. The molecule has 0 aromatic rings. The van der Waals surface area contributed by atoms with Gasteiger partial charge in [0.05, 0.1) is 10.6 Å². The van der Waals surface area contributed by atoms with Gasteiger partial charge in [0.1, 0.15) is 0 Å². The van der Waals surface area contributed by atoms with Gasteiger partial charge in [-0.25, -0.2) is 13.1 Å². The number of alkyl halides is 1. The summed E-state index contributed by atoms with van der Waals surface area (Å²) in [5.41, 5.74) is 0. The molecule has 0 aliphatic carbocycles. The molecule has 1 aliphatic rings. The van der Waals surface area contributed by atoms with Crippen LogP contribution in [-0.4, -0.2) is 49.9 Å². The monoisotopic (exact) mass is 284 g/mol. The number of rotatable bonds is 4. The summed E-state index contributed by atoms with van der Waals surface area (Å²) in [4.78, 5) is 12.8. The summed E-state index contributed by atoms with van der Waals surface area (Å²) >= 11 is 3.23. The van der Waals surface area contributed by atoms with Crippen LogP contribution in [0.5, 0.6) is 0 Å². The Balaban J connectivity index is 2.44. The van der Waals surface area contributed by atoms with Gasteiger partial charge >= 0.3 is 0 Å². The van der Waals surface area contributed by atoms with Crippen LogP contribution in [0.1, 0.15) is 6.42 Å². The minimum atomic E-state index is -3.21. The van der Waals surface area contributed by atoms with Crippen LogP contribution in [0.15, 0.2) is 0 Å². The molecule has 1 aliphatic heterocycles. The predicted octanol–water partition coefficient (Wildman–Crippen LogP) is -0.469. The zero-order valence-corrected chi connectivity index (χ0v) is 10.3. The summed E-state index contributed by atoms with van der Waals surface area (Å²) in [5, 5.41) is 0. The van der Waals surface area contributed by atoms with Crippen molar-refractivity contribution in [3.05, 3.63) is 0 Å². The van der Waals surface area contributed by atoms with E-state index in [0.29, 0.717) is 6.54 Å². The Morgan fingerprint density at radius 3 is 2.71 bits per heavy atom. The zero-order valence-electron chi connectivity index (χ0n) is 7.86. The van der Waals surface area contributed by atoms with E-state index in [4.69, 9.17) is 0 Å². The van der Waals surface area contributed by atoms with Gasteiger partial charge in [-0.2, -0.15) is 0 Å². The van der Waals surface area contributed by atoms with Crippen molar-refractivity contribution < 1.29 is 13.2 Å². The molecule has 82 valence electrons. The molecule has 0 bridgehead atoms. The van der Waals surface area contributed by atoms with Crippen molar-refractivity contribution in [3.8, 4) is 0 Å². The van der Waals surface area contributed by atoms with Gasteiger partial charge in [0.15, 0.2) is 0 Å². The lowest BCUT2D eigenvalue weighted by Gasteiger charge is -2.15. The molecule has 0 radical (unpaired) electrons. The molecule has 0 saturated carbocycles. The average Bonchev–Trinajstić information content (AvgIpc) is 2.45. The van der Waals surface area contributed by atoms with Crippen LogP contribution in [0.25, 0.3) is 0 Å². The van der Waals surface area contributed by atoms with E-state index in [0.717, 1.165) is 6.42 Å². The highest BCUT2D eigenvalue weighted by atomic mass is 79.9. The highest BCUT2D eigenvalue weighted by Gasteiger charge is 2.29. The van der Waals surface area contributed by atoms with Crippen molar-refractivity contribution in [2.24, 2.45) is 0 Å². The fraction of sp³-hybridized carbons (Fsp3) is 0.857. The molecule has 1 rings (SSSR count). The number of nitrogens with zero attached hydrogens (tertiary/aromatic N) is 1. The Labute approximate surface area is 92.0 Å². The van der Waals surface area contributed by atoms with E-state index < -0.39 is 10.0 Å². The van der Waals surface area contributed by atoms with Crippen LogP contribution in [-0.2, 0) is 14.8 Å². The van der Waals surface area contributed by atoms with Crippen molar-refractivity contribution in [3.63, 3.8) is 0 Å². The topological polar surface area (TPSA) is 66.5 Å². The zero-order chi connectivity index (χ0) is 10.8. The maximum absolute atomic E-state index is 11.4. The second kappa shape index (κ2) is 4.59. The molecule has 1 fully saturated rings. The molecule has 14 heavy (non-hydrogen) atoms. The molecule has 1 heterocycles. The van der Waals surface area contributed by atoms with Crippen molar-refractivity contribution >= 4 is 31.9 Å². The van der Waals surface area contributed by atoms with E-state index in [2.05, 4.69) is 20.7 Å². The average molecular weight is 285 g/mol. The smallest absolute Gasteiger partial charge is 0.236 e. The summed E-state index contributed by atoms with van der Waals surface area (Å²) in [6.45, 7) is 0.901. The number of halogens is 1. The standard InChI is InChI=1S/C7H13BrN2O3S/c1-9-14(12,13)5-4-10-3-2-6(8)7(10)11/h6,9H,2-5H2,1H3. The number of sulfonamides is 1. The maximum Gasteiger partial charge on any atom is 0.236 e. The van der Waals surface area contributed by atoms with Gasteiger partial charge in [0, 0.05) is 13.1 Å². The molecule has 1 atom stereocenters. The molecule has 0 spiro atoms. The number of likely N-dealkylation sites (tertiary alicyclic amines) is 1. The van der Waals surface area contributed by atoms with E-state index in [9.17, 15) is 13.2 Å².